The zero-order valence-corrected chi connectivity index (χ0v) is 16.5. The van der Waals surface area contributed by atoms with Gasteiger partial charge < -0.3 is 25.1 Å². The molecule has 0 fully saturated rings. The molecule has 0 saturated heterocycles. The second-order valence-corrected chi connectivity index (χ2v) is 6.34. The van der Waals surface area contributed by atoms with Crippen molar-refractivity contribution < 1.29 is 19.1 Å². The van der Waals surface area contributed by atoms with Crippen molar-refractivity contribution in [2.45, 2.75) is 6.04 Å². The molecule has 0 radical (unpaired) electrons. The zero-order chi connectivity index (χ0) is 21.5. The number of ether oxygens (including phenoxy) is 2. The van der Waals surface area contributed by atoms with E-state index >= 15 is 0 Å². The van der Waals surface area contributed by atoms with Crippen LogP contribution in [0.3, 0.4) is 0 Å². The van der Waals surface area contributed by atoms with E-state index in [9.17, 15) is 14.4 Å². The maximum Gasteiger partial charge on any atom is 0.253 e. The minimum Gasteiger partial charge on any atom is -0.497 e. The lowest BCUT2D eigenvalue weighted by Crippen LogP contribution is -2.37. The van der Waals surface area contributed by atoms with E-state index in [2.05, 4.69) is 15.6 Å². The Morgan fingerprint density at radius 1 is 0.867 bits per heavy atom. The predicted molar refractivity (Wildman–Crippen MR) is 112 cm³/mol. The molecule has 0 bridgehead atoms. The maximum absolute atomic E-state index is 13.0. The van der Waals surface area contributed by atoms with Crippen molar-refractivity contribution in [2.24, 2.45) is 0 Å². The van der Waals surface area contributed by atoms with Crippen LogP contribution in [0.5, 0.6) is 11.5 Å². The van der Waals surface area contributed by atoms with Crippen LogP contribution in [-0.2, 0) is 4.79 Å². The van der Waals surface area contributed by atoms with Crippen LogP contribution in [0.15, 0.2) is 71.7 Å². The number of aromatic nitrogens is 1. The van der Waals surface area contributed by atoms with Crippen molar-refractivity contribution in [1.82, 2.24) is 10.3 Å². The van der Waals surface area contributed by atoms with E-state index in [4.69, 9.17) is 9.47 Å². The van der Waals surface area contributed by atoms with Crippen molar-refractivity contribution >= 4 is 17.5 Å². The van der Waals surface area contributed by atoms with Crippen LogP contribution >= 0.6 is 0 Å². The number of nitrogens with one attached hydrogen (secondary N) is 3. The number of carbonyl (C=O) groups is 2. The average Bonchev–Trinajstić information content (AvgIpc) is 2.78. The molecule has 0 unspecified atom stereocenters. The lowest BCUT2D eigenvalue weighted by Gasteiger charge is -2.19. The number of hydrogen-bond donors (Lipinski definition) is 3. The predicted octanol–water partition coefficient (Wildman–Crippen LogP) is 2.50. The highest BCUT2D eigenvalue weighted by atomic mass is 16.5. The highest BCUT2D eigenvalue weighted by Crippen LogP contribution is 2.21. The van der Waals surface area contributed by atoms with Crippen LogP contribution in [0, 0.1) is 0 Å². The van der Waals surface area contributed by atoms with Crippen molar-refractivity contribution in [2.75, 3.05) is 19.5 Å². The molecule has 0 saturated carbocycles. The van der Waals surface area contributed by atoms with Gasteiger partial charge in [0.2, 0.25) is 5.56 Å². The SMILES string of the molecule is COc1ccc(NC(=O)[C@@H](NC(=O)c2ccc(=O)[nH]c2)c2ccc(OC)cc2)cc1. The van der Waals surface area contributed by atoms with Gasteiger partial charge in [-0.05, 0) is 48.0 Å². The number of hydrogen-bond acceptors (Lipinski definition) is 5. The number of aromatic amines is 1. The lowest BCUT2D eigenvalue weighted by atomic mass is 10.0. The molecule has 1 heterocycles. The summed E-state index contributed by atoms with van der Waals surface area (Å²) in [7, 11) is 3.10. The lowest BCUT2D eigenvalue weighted by molar-refractivity contribution is -0.118. The van der Waals surface area contributed by atoms with Gasteiger partial charge in [-0.15, -0.1) is 0 Å². The van der Waals surface area contributed by atoms with Crippen LogP contribution in [0.25, 0.3) is 0 Å². The van der Waals surface area contributed by atoms with Crippen molar-refractivity contribution in [1.29, 1.82) is 0 Å². The van der Waals surface area contributed by atoms with Gasteiger partial charge in [-0.3, -0.25) is 14.4 Å². The first kappa shape index (κ1) is 20.7. The van der Waals surface area contributed by atoms with E-state index < -0.39 is 17.9 Å². The summed E-state index contributed by atoms with van der Waals surface area (Å²) in [5, 5.41) is 5.50. The molecular weight excluding hydrogens is 386 g/mol. The van der Waals surface area contributed by atoms with Crippen molar-refractivity contribution in [3.63, 3.8) is 0 Å². The summed E-state index contributed by atoms with van der Waals surface area (Å²) in [6.07, 6.45) is 1.30. The first-order valence-corrected chi connectivity index (χ1v) is 9.08. The zero-order valence-electron chi connectivity index (χ0n) is 16.5. The van der Waals surface area contributed by atoms with Crippen LogP contribution in [0.1, 0.15) is 22.0 Å². The fourth-order valence-electron chi connectivity index (χ4n) is 2.75. The van der Waals surface area contributed by atoms with E-state index in [1.54, 1.807) is 62.8 Å². The molecule has 1 atom stereocenters. The third-order valence-electron chi connectivity index (χ3n) is 4.39. The Morgan fingerprint density at radius 3 is 2.00 bits per heavy atom. The van der Waals surface area contributed by atoms with Gasteiger partial charge >= 0.3 is 0 Å². The molecule has 3 N–H and O–H groups in total. The molecule has 3 rings (SSSR count). The molecule has 0 aliphatic heterocycles. The first-order valence-electron chi connectivity index (χ1n) is 9.08. The molecule has 30 heavy (non-hydrogen) atoms. The van der Waals surface area contributed by atoms with Gasteiger partial charge in [0.1, 0.15) is 17.5 Å². The number of anilines is 1. The second-order valence-electron chi connectivity index (χ2n) is 6.34. The van der Waals surface area contributed by atoms with Gasteiger partial charge in [-0.2, -0.15) is 0 Å². The summed E-state index contributed by atoms with van der Waals surface area (Å²) in [6, 6.07) is 15.3. The summed E-state index contributed by atoms with van der Waals surface area (Å²) >= 11 is 0. The molecule has 0 aliphatic carbocycles. The maximum atomic E-state index is 13.0. The third-order valence-corrected chi connectivity index (χ3v) is 4.39. The minimum atomic E-state index is -0.975. The fourth-order valence-corrected chi connectivity index (χ4v) is 2.75. The van der Waals surface area contributed by atoms with Gasteiger partial charge in [-0.25, -0.2) is 0 Å². The normalized spacial score (nSPS) is 11.3. The van der Waals surface area contributed by atoms with Gasteiger partial charge in [-0.1, -0.05) is 12.1 Å². The fraction of sp³-hybridized carbons (Fsp3) is 0.136. The number of H-pyrrole nitrogens is 1. The highest BCUT2D eigenvalue weighted by molar-refractivity contribution is 6.01. The first-order chi connectivity index (χ1) is 14.5. The summed E-state index contributed by atoms with van der Waals surface area (Å²) in [6.45, 7) is 0. The van der Waals surface area contributed by atoms with E-state index in [-0.39, 0.29) is 11.1 Å². The number of methoxy groups -OCH3 is 2. The number of amides is 2. The minimum absolute atomic E-state index is 0.227. The summed E-state index contributed by atoms with van der Waals surface area (Å²) in [5.74, 6) is 0.353. The van der Waals surface area contributed by atoms with E-state index in [1.807, 2.05) is 0 Å². The van der Waals surface area contributed by atoms with E-state index in [0.717, 1.165) is 0 Å². The van der Waals surface area contributed by atoms with Crippen molar-refractivity contribution in [3.05, 3.63) is 88.3 Å². The molecule has 154 valence electrons. The Bertz CT molecular complexity index is 1050. The molecule has 2 aromatic carbocycles. The van der Waals surface area contributed by atoms with Gasteiger partial charge in [0.15, 0.2) is 0 Å². The molecule has 0 spiro atoms. The third kappa shape index (κ3) is 5.05. The Hall–Kier alpha value is -4.07. The Labute approximate surface area is 172 Å². The molecule has 1 aromatic heterocycles. The molecular formula is C22H21N3O5. The standard InChI is InChI=1S/C22H21N3O5/c1-29-17-8-3-14(4-9-17)20(25-21(27)15-5-12-19(26)23-13-15)22(28)24-16-6-10-18(30-2)11-7-16/h3-13,20H,1-2H3,(H,23,26)(H,24,28)(H,25,27)/t20-/m0/s1. The van der Waals surface area contributed by atoms with Gasteiger partial charge in [0.25, 0.3) is 11.8 Å². The topological polar surface area (TPSA) is 110 Å². The van der Waals surface area contributed by atoms with Gasteiger partial charge in [0, 0.05) is 18.0 Å². The average molecular weight is 407 g/mol. The number of carbonyl (C=O) groups excluding carboxylic acids is 2. The quantitative estimate of drug-likeness (QED) is 0.558. The summed E-state index contributed by atoms with van der Waals surface area (Å²) in [5.41, 5.74) is 1.03. The van der Waals surface area contributed by atoms with E-state index in [0.29, 0.717) is 22.7 Å². The number of rotatable bonds is 7. The Balaban J connectivity index is 1.85. The largest absolute Gasteiger partial charge is 0.497 e. The molecule has 8 heteroatoms. The molecule has 3 aromatic rings. The summed E-state index contributed by atoms with van der Waals surface area (Å²) < 4.78 is 10.3. The molecule has 0 aliphatic rings. The monoisotopic (exact) mass is 407 g/mol. The molecule has 8 nitrogen and oxygen atoms in total. The molecule has 2 amide bonds. The van der Waals surface area contributed by atoms with Gasteiger partial charge in [0.05, 0.1) is 19.8 Å². The Morgan fingerprint density at radius 2 is 1.47 bits per heavy atom. The van der Waals surface area contributed by atoms with Crippen LogP contribution in [0.2, 0.25) is 0 Å². The number of benzene rings is 2. The highest BCUT2D eigenvalue weighted by Gasteiger charge is 2.24. The number of pyridine rings is 1. The van der Waals surface area contributed by atoms with Crippen LogP contribution < -0.4 is 25.7 Å². The van der Waals surface area contributed by atoms with Crippen molar-refractivity contribution in [3.8, 4) is 11.5 Å². The Kier molecular flexibility index (Phi) is 6.49. The summed E-state index contributed by atoms with van der Waals surface area (Å²) in [4.78, 5) is 39.3. The van der Waals surface area contributed by atoms with E-state index in [1.165, 1.54) is 18.3 Å². The van der Waals surface area contributed by atoms with Crippen LogP contribution in [-0.4, -0.2) is 31.0 Å². The van der Waals surface area contributed by atoms with Crippen LogP contribution in [0.4, 0.5) is 5.69 Å². The second kappa shape index (κ2) is 9.42. The smallest absolute Gasteiger partial charge is 0.253 e.